The Hall–Kier alpha value is -1.02. The number of rotatable bonds is 9. The second-order valence-corrected chi connectivity index (χ2v) is 5.36. The van der Waals surface area contributed by atoms with Crippen LogP contribution >= 0.6 is 0 Å². The lowest BCUT2D eigenvalue weighted by Gasteiger charge is -2.18. The van der Waals surface area contributed by atoms with Crippen molar-refractivity contribution >= 4 is 0 Å². The Balaban J connectivity index is 2.18. The van der Waals surface area contributed by atoms with E-state index in [2.05, 4.69) is 19.2 Å². The van der Waals surface area contributed by atoms with E-state index in [0.29, 0.717) is 0 Å². The monoisotopic (exact) mass is 249 g/mol. The van der Waals surface area contributed by atoms with Gasteiger partial charge in [0.25, 0.3) is 0 Å². The molecule has 0 saturated carbocycles. The highest BCUT2D eigenvalue weighted by Gasteiger charge is 2.09. The number of benzene rings is 1. The maximum absolute atomic E-state index is 5.72. The summed E-state index contributed by atoms with van der Waals surface area (Å²) in [6.07, 6.45) is 3.67. The molecule has 2 heteroatoms. The summed E-state index contributed by atoms with van der Waals surface area (Å²) in [5.41, 5.74) is 0. The zero-order chi connectivity index (χ0) is 13.2. The van der Waals surface area contributed by atoms with Crippen LogP contribution in [0.25, 0.3) is 0 Å². The van der Waals surface area contributed by atoms with Crippen molar-refractivity contribution in [2.45, 2.75) is 33.1 Å². The van der Waals surface area contributed by atoms with Crippen LogP contribution in [0.15, 0.2) is 30.3 Å². The molecule has 0 aliphatic carbocycles. The Kier molecular flexibility index (Phi) is 7.51. The first-order valence-corrected chi connectivity index (χ1v) is 7.04. The van der Waals surface area contributed by atoms with Gasteiger partial charge in [0, 0.05) is 0 Å². The van der Waals surface area contributed by atoms with Crippen molar-refractivity contribution in [2.75, 3.05) is 20.2 Å². The smallest absolute Gasteiger partial charge is 0.119 e. The number of hydrogen-bond acceptors (Lipinski definition) is 2. The Morgan fingerprint density at radius 3 is 2.50 bits per heavy atom. The van der Waals surface area contributed by atoms with Crippen molar-refractivity contribution in [3.8, 4) is 5.75 Å². The molecule has 0 aliphatic rings. The second kappa shape index (κ2) is 8.98. The van der Waals surface area contributed by atoms with Crippen molar-refractivity contribution < 1.29 is 4.74 Å². The molecule has 0 amide bonds. The summed E-state index contributed by atoms with van der Waals surface area (Å²) in [6, 6.07) is 10.1. The lowest BCUT2D eigenvalue weighted by Crippen LogP contribution is -2.21. The minimum absolute atomic E-state index is 0.773. The number of hydrogen-bond donors (Lipinski definition) is 1. The molecule has 1 rings (SSSR count). The van der Waals surface area contributed by atoms with Crippen LogP contribution in [0.2, 0.25) is 0 Å². The molecule has 0 saturated heterocycles. The van der Waals surface area contributed by atoms with Gasteiger partial charge in [-0.25, -0.2) is 0 Å². The Labute approximate surface area is 112 Å². The maximum atomic E-state index is 5.72. The molecule has 2 nitrogen and oxygen atoms in total. The maximum Gasteiger partial charge on any atom is 0.119 e. The van der Waals surface area contributed by atoms with E-state index < -0.39 is 0 Å². The summed E-state index contributed by atoms with van der Waals surface area (Å²) >= 11 is 0. The average molecular weight is 249 g/mol. The fourth-order valence-corrected chi connectivity index (χ4v) is 2.34. The number of ether oxygens (including phenoxy) is 1. The van der Waals surface area contributed by atoms with Crippen molar-refractivity contribution in [2.24, 2.45) is 11.8 Å². The van der Waals surface area contributed by atoms with Crippen molar-refractivity contribution in [3.63, 3.8) is 0 Å². The first-order valence-electron chi connectivity index (χ1n) is 7.04. The van der Waals surface area contributed by atoms with Gasteiger partial charge in [0.05, 0.1) is 6.61 Å². The van der Waals surface area contributed by atoms with Gasteiger partial charge in [-0.1, -0.05) is 32.0 Å². The first kappa shape index (κ1) is 15.0. The molecule has 0 spiro atoms. The molecule has 1 unspecified atom stereocenters. The Morgan fingerprint density at radius 1 is 1.17 bits per heavy atom. The van der Waals surface area contributed by atoms with E-state index in [9.17, 15) is 0 Å². The van der Waals surface area contributed by atoms with Crippen LogP contribution in [0.4, 0.5) is 0 Å². The molecule has 0 aromatic heterocycles. The molecule has 102 valence electrons. The van der Waals surface area contributed by atoms with E-state index in [1.807, 2.05) is 37.4 Å². The minimum atomic E-state index is 0.773. The number of nitrogens with one attached hydrogen (secondary N) is 1. The topological polar surface area (TPSA) is 21.3 Å². The van der Waals surface area contributed by atoms with E-state index in [0.717, 1.165) is 37.2 Å². The molecule has 1 aromatic rings. The van der Waals surface area contributed by atoms with Crippen LogP contribution in [-0.4, -0.2) is 20.2 Å². The van der Waals surface area contributed by atoms with Gasteiger partial charge < -0.3 is 10.1 Å². The van der Waals surface area contributed by atoms with Gasteiger partial charge in [-0.05, 0) is 56.8 Å². The fraction of sp³-hybridized carbons (Fsp3) is 0.625. The average Bonchev–Trinajstić information content (AvgIpc) is 2.35. The second-order valence-electron chi connectivity index (χ2n) is 5.36. The zero-order valence-corrected chi connectivity index (χ0v) is 12.0. The fourth-order valence-electron chi connectivity index (χ4n) is 2.34. The van der Waals surface area contributed by atoms with Crippen LogP contribution in [-0.2, 0) is 0 Å². The van der Waals surface area contributed by atoms with Gasteiger partial charge in [-0.3, -0.25) is 0 Å². The van der Waals surface area contributed by atoms with Crippen LogP contribution in [0.5, 0.6) is 5.75 Å². The summed E-state index contributed by atoms with van der Waals surface area (Å²) in [6.45, 7) is 6.53. The lowest BCUT2D eigenvalue weighted by molar-refractivity contribution is 0.279. The molecule has 18 heavy (non-hydrogen) atoms. The van der Waals surface area contributed by atoms with E-state index in [-0.39, 0.29) is 0 Å². The molecular weight excluding hydrogens is 222 g/mol. The molecule has 1 aromatic carbocycles. The summed E-state index contributed by atoms with van der Waals surface area (Å²) in [5.74, 6) is 2.53. The van der Waals surface area contributed by atoms with Crippen LogP contribution in [0, 0.1) is 11.8 Å². The third-order valence-electron chi connectivity index (χ3n) is 3.07. The van der Waals surface area contributed by atoms with E-state index >= 15 is 0 Å². The van der Waals surface area contributed by atoms with Gasteiger partial charge in [0.1, 0.15) is 5.75 Å². The molecule has 0 bridgehead atoms. The van der Waals surface area contributed by atoms with Gasteiger partial charge >= 0.3 is 0 Å². The first-order chi connectivity index (χ1) is 8.72. The third-order valence-corrected chi connectivity index (χ3v) is 3.07. The molecule has 1 N–H and O–H groups in total. The largest absolute Gasteiger partial charge is 0.494 e. The number of para-hydroxylation sites is 1. The third kappa shape index (κ3) is 6.65. The van der Waals surface area contributed by atoms with Crippen LogP contribution in [0.1, 0.15) is 33.1 Å². The van der Waals surface area contributed by atoms with Crippen molar-refractivity contribution in [1.82, 2.24) is 5.32 Å². The minimum Gasteiger partial charge on any atom is -0.494 e. The predicted molar refractivity (Wildman–Crippen MR) is 78.0 cm³/mol. The van der Waals surface area contributed by atoms with Gasteiger partial charge in [-0.2, -0.15) is 0 Å². The van der Waals surface area contributed by atoms with Crippen molar-refractivity contribution in [3.05, 3.63) is 30.3 Å². The summed E-state index contributed by atoms with van der Waals surface area (Å²) < 4.78 is 5.72. The van der Waals surface area contributed by atoms with E-state index in [4.69, 9.17) is 4.74 Å². The van der Waals surface area contributed by atoms with Crippen LogP contribution in [0.3, 0.4) is 0 Å². The molecule has 0 fully saturated rings. The molecule has 0 aliphatic heterocycles. The Bertz CT molecular complexity index is 297. The lowest BCUT2D eigenvalue weighted by atomic mass is 9.93. The summed E-state index contributed by atoms with van der Waals surface area (Å²) in [4.78, 5) is 0. The van der Waals surface area contributed by atoms with Crippen molar-refractivity contribution in [1.29, 1.82) is 0 Å². The molecule has 1 atom stereocenters. The molecule has 0 radical (unpaired) electrons. The molecule has 0 heterocycles. The standard InChI is InChI=1S/C16H27NO/c1-14(2)12-15(13-17-3)8-7-11-18-16-9-5-4-6-10-16/h4-6,9-10,14-15,17H,7-8,11-13H2,1-3H3. The van der Waals surface area contributed by atoms with Crippen LogP contribution < -0.4 is 10.1 Å². The normalized spacial score (nSPS) is 12.7. The highest BCUT2D eigenvalue weighted by Crippen LogP contribution is 2.17. The highest BCUT2D eigenvalue weighted by atomic mass is 16.5. The molecular formula is C16H27NO. The summed E-state index contributed by atoms with van der Waals surface area (Å²) in [5, 5.41) is 3.29. The van der Waals surface area contributed by atoms with E-state index in [1.54, 1.807) is 0 Å². The zero-order valence-electron chi connectivity index (χ0n) is 12.0. The quantitative estimate of drug-likeness (QED) is 0.673. The SMILES string of the molecule is CNCC(CCCOc1ccccc1)CC(C)C. The Morgan fingerprint density at radius 2 is 1.89 bits per heavy atom. The van der Waals surface area contributed by atoms with Gasteiger partial charge in [0.2, 0.25) is 0 Å². The van der Waals surface area contributed by atoms with Gasteiger partial charge in [0.15, 0.2) is 0 Å². The highest BCUT2D eigenvalue weighted by molar-refractivity contribution is 5.20. The van der Waals surface area contributed by atoms with E-state index in [1.165, 1.54) is 12.8 Å². The van der Waals surface area contributed by atoms with Gasteiger partial charge in [-0.15, -0.1) is 0 Å². The summed E-state index contributed by atoms with van der Waals surface area (Å²) in [7, 11) is 2.04. The predicted octanol–water partition coefficient (Wildman–Crippen LogP) is 3.73.